The predicted octanol–water partition coefficient (Wildman–Crippen LogP) is 1.40. The van der Waals surface area contributed by atoms with Crippen molar-refractivity contribution in [1.82, 2.24) is 9.97 Å². The monoisotopic (exact) mass is 450 g/mol. The van der Waals surface area contributed by atoms with E-state index in [9.17, 15) is 14.9 Å². The minimum Gasteiger partial charge on any atom is -0.378 e. The summed E-state index contributed by atoms with van der Waals surface area (Å²) in [6.45, 7) is 2.39. The average Bonchev–Trinajstić information content (AvgIpc) is 3.26. The van der Waals surface area contributed by atoms with Gasteiger partial charge in [0, 0.05) is 51.6 Å². The third kappa shape index (κ3) is 3.73. The Kier molecular flexibility index (Phi) is 5.31. The number of H-pyrrole nitrogens is 1. The molecule has 2 unspecified atom stereocenters. The average molecular weight is 450 g/mol. The summed E-state index contributed by atoms with van der Waals surface area (Å²) >= 11 is 0. The second-order valence-electron chi connectivity index (χ2n) is 8.81. The molecule has 2 fully saturated rings. The van der Waals surface area contributed by atoms with Crippen molar-refractivity contribution in [3.8, 4) is 6.07 Å². The summed E-state index contributed by atoms with van der Waals surface area (Å²) in [6.07, 6.45) is 1.33. The van der Waals surface area contributed by atoms with Crippen LogP contribution in [0.4, 0.5) is 17.5 Å². The van der Waals surface area contributed by atoms with Gasteiger partial charge < -0.3 is 24.6 Å². The second kappa shape index (κ2) is 8.17. The van der Waals surface area contributed by atoms with E-state index in [1.807, 2.05) is 48.2 Å². The highest BCUT2D eigenvalue weighted by molar-refractivity contribution is 5.98. The van der Waals surface area contributed by atoms with Crippen LogP contribution in [-0.4, -0.2) is 62.1 Å². The summed E-state index contributed by atoms with van der Waals surface area (Å²) in [6, 6.07) is 9.59. The van der Waals surface area contributed by atoms with Crippen LogP contribution in [-0.2, 0) is 14.3 Å². The van der Waals surface area contributed by atoms with Crippen molar-refractivity contribution in [3.05, 3.63) is 45.7 Å². The van der Waals surface area contributed by atoms with Crippen molar-refractivity contribution >= 4 is 23.4 Å². The minimum absolute atomic E-state index is 0.209. The molecule has 33 heavy (non-hydrogen) atoms. The Morgan fingerprint density at radius 2 is 1.82 bits per heavy atom. The van der Waals surface area contributed by atoms with E-state index in [1.54, 1.807) is 0 Å². The number of anilines is 3. The lowest BCUT2D eigenvalue weighted by Crippen LogP contribution is -2.46. The third-order valence-electron chi connectivity index (χ3n) is 6.66. The molecule has 1 aromatic carbocycles. The van der Waals surface area contributed by atoms with Gasteiger partial charge in [-0.15, -0.1) is 0 Å². The number of nitrogens with zero attached hydrogens (tertiary/aromatic N) is 4. The van der Waals surface area contributed by atoms with E-state index >= 15 is 0 Å². The number of ether oxygens (including phenoxy) is 2. The van der Waals surface area contributed by atoms with Crippen molar-refractivity contribution in [2.24, 2.45) is 5.92 Å². The molecule has 2 saturated heterocycles. The van der Waals surface area contributed by atoms with Gasteiger partial charge in [-0.05, 0) is 17.7 Å². The van der Waals surface area contributed by atoms with Gasteiger partial charge in [0.2, 0.25) is 11.9 Å². The zero-order valence-electron chi connectivity index (χ0n) is 18.6. The number of fused-ring (bicyclic) bond motifs is 1. The molecule has 2 N–H and O–H groups in total. The van der Waals surface area contributed by atoms with Crippen molar-refractivity contribution in [1.29, 1.82) is 5.26 Å². The number of hydrogen-bond donors (Lipinski definition) is 2. The van der Waals surface area contributed by atoms with Crippen molar-refractivity contribution < 1.29 is 14.3 Å². The van der Waals surface area contributed by atoms with Gasteiger partial charge in [-0.2, -0.15) is 10.2 Å². The van der Waals surface area contributed by atoms with Gasteiger partial charge in [-0.25, -0.2) is 0 Å². The zero-order valence-corrected chi connectivity index (χ0v) is 18.6. The molecule has 10 heteroatoms. The smallest absolute Gasteiger partial charge is 0.258 e. The van der Waals surface area contributed by atoms with Gasteiger partial charge in [0.25, 0.3) is 5.56 Å². The quantitative estimate of drug-likeness (QED) is 0.719. The van der Waals surface area contributed by atoms with E-state index in [4.69, 9.17) is 9.47 Å². The number of nitrogens with one attached hydrogen (secondary N) is 2. The summed E-state index contributed by atoms with van der Waals surface area (Å²) in [7, 11) is 3.86. The van der Waals surface area contributed by atoms with E-state index < -0.39 is 23.5 Å². The summed E-state index contributed by atoms with van der Waals surface area (Å²) in [5.41, 5.74) is 1.65. The van der Waals surface area contributed by atoms with E-state index in [2.05, 4.69) is 21.4 Å². The van der Waals surface area contributed by atoms with E-state index in [0.717, 1.165) is 11.3 Å². The van der Waals surface area contributed by atoms with E-state index in [1.165, 1.54) is 0 Å². The summed E-state index contributed by atoms with van der Waals surface area (Å²) in [5.74, 6) is -2.12. The fourth-order valence-corrected chi connectivity index (χ4v) is 4.83. The highest BCUT2D eigenvalue weighted by atomic mass is 16.7. The Morgan fingerprint density at radius 3 is 2.42 bits per heavy atom. The van der Waals surface area contributed by atoms with Gasteiger partial charge in [0.1, 0.15) is 11.7 Å². The van der Waals surface area contributed by atoms with E-state index in [-0.39, 0.29) is 11.4 Å². The van der Waals surface area contributed by atoms with Crippen molar-refractivity contribution in [3.63, 3.8) is 0 Å². The maximum Gasteiger partial charge on any atom is 0.258 e. The number of amides is 1. The molecule has 4 heterocycles. The maximum absolute atomic E-state index is 13.3. The largest absolute Gasteiger partial charge is 0.378 e. The van der Waals surface area contributed by atoms with Gasteiger partial charge in [0.15, 0.2) is 5.79 Å². The normalized spacial score (nSPS) is 23.7. The lowest BCUT2D eigenvalue weighted by atomic mass is 9.79. The Bertz CT molecular complexity index is 1150. The fourth-order valence-electron chi connectivity index (χ4n) is 4.83. The number of aromatic amines is 1. The van der Waals surface area contributed by atoms with Gasteiger partial charge in [-0.3, -0.25) is 14.6 Å². The molecular weight excluding hydrogens is 424 g/mol. The minimum atomic E-state index is -1.03. The van der Waals surface area contributed by atoms with Crippen LogP contribution in [0.25, 0.3) is 0 Å². The second-order valence-corrected chi connectivity index (χ2v) is 8.81. The van der Waals surface area contributed by atoms with Crippen LogP contribution in [0, 0.1) is 17.2 Å². The standard InChI is InChI=1S/C23H26N6O4/c1-28(2)15-5-3-14(4-6-15)17-16(13-24)20(30)25-19-18(17)21(31)27-22(26-19)29-9-7-23(8-10-29)32-11-12-33-23/h3-6,16-17H,7-12H2,1-2H3,(H2,25,26,27,30,31). The van der Waals surface area contributed by atoms with Crippen LogP contribution >= 0.6 is 0 Å². The van der Waals surface area contributed by atoms with E-state index in [0.29, 0.717) is 50.7 Å². The molecule has 2 atom stereocenters. The molecule has 0 saturated carbocycles. The summed E-state index contributed by atoms with van der Waals surface area (Å²) < 4.78 is 11.5. The Labute approximate surface area is 191 Å². The van der Waals surface area contributed by atoms with Crippen molar-refractivity contribution in [2.45, 2.75) is 24.5 Å². The Hall–Kier alpha value is -3.42. The van der Waals surface area contributed by atoms with Gasteiger partial charge in [0.05, 0.1) is 24.8 Å². The number of hydrogen-bond acceptors (Lipinski definition) is 8. The number of carbonyl (C=O) groups excluding carboxylic acids is 1. The molecule has 5 rings (SSSR count). The first-order valence-electron chi connectivity index (χ1n) is 11.1. The summed E-state index contributed by atoms with van der Waals surface area (Å²) in [4.78, 5) is 37.4. The lowest BCUT2D eigenvalue weighted by molar-refractivity contribution is -0.169. The first kappa shape index (κ1) is 21.4. The topological polar surface area (TPSA) is 124 Å². The first-order chi connectivity index (χ1) is 15.9. The lowest BCUT2D eigenvalue weighted by Gasteiger charge is -2.38. The molecule has 1 aromatic heterocycles. The number of aromatic nitrogens is 2. The molecule has 0 aliphatic carbocycles. The molecule has 2 aromatic rings. The number of carbonyl (C=O) groups is 1. The van der Waals surface area contributed by atoms with Crippen LogP contribution in [0.2, 0.25) is 0 Å². The zero-order chi connectivity index (χ0) is 23.2. The molecule has 0 bridgehead atoms. The third-order valence-corrected chi connectivity index (χ3v) is 6.66. The van der Waals surface area contributed by atoms with Crippen LogP contribution in [0.3, 0.4) is 0 Å². The Morgan fingerprint density at radius 1 is 1.15 bits per heavy atom. The predicted molar refractivity (Wildman–Crippen MR) is 121 cm³/mol. The van der Waals surface area contributed by atoms with Crippen LogP contribution in [0.5, 0.6) is 0 Å². The van der Waals surface area contributed by atoms with Gasteiger partial charge >= 0.3 is 0 Å². The van der Waals surface area contributed by atoms with Crippen LogP contribution < -0.4 is 20.7 Å². The molecule has 1 amide bonds. The molecular formula is C23H26N6O4. The van der Waals surface area contributed by atoms with Crippen molar-refractivity contribution in [2.75, 3.05) is 55.5 Å². The molecule has 1 spiro atoms. The highest BCUT2D eigenvalue weighted by Crippen LogP contribution is 2.39. The Balaban J connectivity index is 1.49. The number of nitriles is 1. The molecule has 3 aliphatic rings. The van der Waals surface area contributed by atoms with Crippen LogP contribution in [0.15, 0.2) is 29.1 Å². The molecule has 172 valence electrons. The SMILES string of the molecule is CN(C)c1ccc(C2c3c(nc(N4CCC5(CC4)OCCO5)[nH]c3=O)NC(=O)C2C#N)cc1. The molecule has 3 aliphatic heterocycles. The highest BCUT2D eigenvalue weighted by Gasteiger charge is 2.42. The maximum atomic E-state index is 13.3. The molecule has 10 nitrogen and oxygen atoms in total. The number of rotatable bonds is 3. The van der Waals surface area contributed by atoms with Gasteiger partial charge in [-0.1, -0.05) is 12.1 Å². The number of piperidine rings is 1. The van der Waals surface area contributed by atoms with Crippen LogP contribution in [0.1, 0.15) is 29.9 Å². The fraction of sp³-hybridized carbons (Fsp3) is 0.478. The molecule has 0 radical (unpaired) electrons. The summed E-state index contributed by atoms with van der Waals surface area (Å²) in [5, 5.41) is 12.4. The first-order valence-corrected chi connectivity index (χ1v) is 11.1. The number of benzene rings is 1.